The van der Waals surface area contributed by atoms with E-state index in [1.54, 1.807) is 24.3 Å². The maximum atomic E-state index is 12.6. The molecular formula is C21H29N3O4S. The van der Waals surface area contributed by atoms with E-state index in [4.69, 9.17) is 9.26 Å². The second-order valence-electron chi connectivity index (χ2n) is 8.62. The van der Waals surface area contributed by atoms with Crippen LogP contribution in [0.1, 0.15) is 31.7 Å². The molecule has 2 fully saturated rings. The number of aromatic nitrogens is 1. The highest BCUT2D eigenvalue weighted by atomic mass is 32.2. The van der Waals surface area contributed by atoms with Gasteiger partial charge in [0.1, 0.15) is 0 Å². The number of hydrogen-bond donors (Lipinski definition) is 1. The molecule has 4 rings (SSSR count). The van der Waals surface area contributed by atoms with Crippen molar-refractivity contribution in [2.75, 3.05) is 26.3 Å². The fourth-order valence-corrected chi connectivity index (χ4v) is 5.60. The summed E-state index contributed by atoms with van der Waals surface area (Å²) in [6, 6.07) is 10.5. The smallest absolute Gasteiger partial charge is 0.240 e. The van der Waals surface area contributed by atoms with Crippen molar-refractivity contribution in [1.29, 1.82) is 0 Å². The molecule has 29 heavy (non-hydrogen) atoms. The Labute approximate surface area is 172 Å². The summed E-state index contributed by atoms with van der Waals surface area (Å²) in [5.41, 5.74) is 0.793. The number of benzene rings is 1. The Hall–Kier alpha value is -1.74. The molecule has 0 radical (unpaired) electrons. The van der Waals surface area contributed by atoms with E-state index in [0.29, 0.717) is 10.8 Å². The summed E-state index contributed by atoms with van der Waals surface area (Å²) in [6.07, 6.45) is 1.59. The Bertz CT molecular complexity index is 920. The van der Waals surface area contributed by atoms with E-state index in [2.05, 4.69) is 28.6 Å². The monoisotopic (exact) mass is 419 g/mol. The van der Waals surface area contributed by atoms with Crippen LogP contribution >= 0.6 is 0 Å². The first kappa shape index (κ1) is 20.5. The number of sulfonamides is 1. The highest BCUT2D eigenvalue weighted by Gasteiger charge is 2.49. The van der Waals surface area contributed by atoms with Crippen LogP contribution < -0.4 is 4.72 Å². The topological polar surface area (TPSA) is 84.7 Å². The Morgan fingerprint density at radius 3 is 2.62 bits per heavy atom. The molecular weight excluding hydrogens is 390 g/mol. The lowest BCUT2D eigenvalue weighted by Gasteiger charge is -2.52. The third-order valence-corrected chi connectivity index (χ3v) is 7.86. The number of morpholine rings is 1. The molecule has 2 aliphatic rings. The maximum Gasteiger partial charge on any atom is 0.240 e. The predicted molar refractivity (Wildman–Crippen MR) is 109 cm³/mol. The Kier molecular flexibility index (Phi) is 5.79. The zero-order valence-electron chi connectivity index (χ0n) is 17.0. The minimum atomic E-state index is -3.50. The molecule has 1 N–H and O–H groups in total. The van der Waals surface area contributed by atoms with Crippen LogP contribution in [-0.2, 0) is 27.7 Å². The van der Waals surface area contributed by atoms with Crippen molar-refractivity contribution < 1.29 is 17.7 Å². The molecule has 0 bridgehead atoms. The van der Waals surface area contributed by atoms with Gasteiger partial charge in [0, 0.05) is 25.2 Å². The lowest BCUT2D eigenvalue weighted by atomic mass is 9.57. The number of ether oxygens (including phenoxy) is 1. The number of nitrogens with zero attached hydrogens (tertiary/aromatic N) is 2. The SMILES string of the molecule is CC1(C)[C@H](Cc2cc(CN3CCOCC3)on2)C[C@@H]1NS(=O)(=O)c1ccccc1. The van der Waals surface area contributed by atoms with Crippen molar-refractivity contribution in [3.05, 3.63) is 47.9 Å². The molecule has 1 saturated heterocycles. The van der Waals surface area contributed by atoms with Gasteiger partial charge in [-0.1, -0.05) is 37.2 Å². The van der Waals surface area contributed by atoms with E-state index in [1.165, 1.54) is 0 Å². The van der Waals surface area contributed by atoms with Crippen molar-refractivity contribution in [3.8, 4) is 0 Å². The molecule has 0 unspecified atom stereocenters. The first-order chi connectivity index (χ1) is 13.8. The first-order valence-corrected chi connectivity index (χ1v) is 11.6. The summed E-state index contributed by atoms with van der Waals surface area (Å²) in [5, 5.41) is 4.24. The molecule has 1 saturated carbocycles. The highest BCUT2D eigenvalue weighted by molar-refractivity contribution is 7.89. The highest BCUT2D eigenvalue weighted by Crippen LogP contribution is 2.48. The van der Waals surface area contributed by atoms with Crippen LogP contribution in [-0.4, -0.2) is 50.8 Å². The van der Waals surface area contributed by atoms with E-state index in [0.717, 1.165) is 57.1 Å². The number of rotatable bonds is 7. The maximum absolute atomic E-state index is 12.6. The molecule has 1 aromatic carbocycles. The minimum absolute atomic E-state index is 0.0857. The third-order valence-electron chi connectivity index (χ3n) is 6.37. The zero-order valence-corrected chi connectivity index (χ0v) is 17.8. The van der Waals surface area contributed by atoms with E-state index in [9.17, 15) is 8.42 Å². The van der Waals surface area contributed by atoms with Gasteiger partial charge < -0.3 is 9.26 Å². The Morgan fingerprint density at radius 1 is 1.21 bits per heavy atom. The minimum Gasteiger partial charge on any atom is -0.379 e. The summed E-state index contributed by atoms with van der Waals surface area (Å²) < 4.78 is 39.0. The van der Waals surface area contributed by atoms with Crippen LogP contribution in [0.2, 0.25) is 0 Å². The molecule has 0 spiro atoms. The van der Waals surface area contributed by atoms with Crippen LogP contribution in [0.15, 0.2) is 45.8 Å². The normalized spacial score (nSPS) is 24.9. The first-order valence-electron chi connectivity index (χ1n) is 10.2. The standard InChI is InChI=1S/C21H29N3O4S/c1-21(2)16(13-20(21)23-29(25,26)19-6-4-3-5-7-19)12-17-14-18(28-22-17)15-24-8-10-27-11-9-24/h3-7,14,16,20,23H,8-13,15H2,1-2H3/t16-,20+/m1/s1. The Balaban J connectivity index is 1.33. The van der Waals surface area contributed by atoms with Gasteiger partial charge in [-0.15, -0.1) is 0 Å². The molecule has 2 heterocycles. The van der Waals surface area contributed by atoms with Crippen molar-refractivity contribution in [3.63, 3.8) is 0 Å². The van der Waals surface area contributed by atoms with Crippen LogP contribution in [0, 0.1) is 11.3 Å². The average Bonchev–Trinajstić information content (AvgIpc) is 3.15. The van der Waals surface area contributed by atoms with Crippen LogP contribution in [0.4, 0.5) is 0 Å². The fraction of sp³-hybridized carbons (Fsp3) is 0.571. The van der Waals surface area contributed by atoms with Gasteiger partial charge in [-0.2, -0.15) is 0 Å². The second-order valence-corrected chi connectivity index (χ2v) is 10.3. The lowest BCUT2D eigenvalue weighted by Crippen LogP contribution is -2.58. The van der Waals surface area contributed by atoms with Crippen LogP contribution in [0.5, 0.6) is 0 Å². The zero-order chi connectivity index (χ0) is 20.5. The van der Waals surface area contributed by atoms with Gasteiger partial charge in [-0.25, -0.2) is 13.1 Å². The quantitative estimate of drug-likeness (QED) is 0.742. The molecule has 7 nitrogen and oxygen atoms in total. The molecule has 0 amide bonds. The lowest BCUT2D eigenvalue weighted by molar-refractivity contribution is 0.0268. The fourth-order valence-electron chi connectivity index (χ4n) is 4.18. The predicted octanol–water partition coefficient (Wildman–Crippen LogP) is 2.44. The third kappa shape index (κ3) is 4.55. The molecule has 1 aromatic heterocycles. The van der Waals surface area contributed by atoms with E-state index in [-0.39, 0.29) is 11.5 Å². The van der Waals surface area contributed by atoms with Crippen LogP contribution in [0.25, 0.3) is 0 Å². The van der Waals surface area contributed by atoms with E-state index >= 15 is 0 Å². The van der Waals surface area contributed by atoms with Gasteiger partial charge >= 0.3 is 0 Å². The van der Waals surface area contributed by atoms with Crippen molar-refractivity contribution in [2.24, 2.45) is 11.3 Å². The summed E-state index contributed by atoms with van der Waals surface area (Å²) in [4.78, 5) is 2.61. The van der Waals surface area contributed by atoms with Crippen molar-refractivity contribution in [2.45, 2.75) is 44.2 Å². The second kappa shape index (κ2) is 8.18. The van der Waals surface area contributed by atoms with E-state index < -0.39 is 10.0 Å². The van der Waals surface area contributed by atoms with E-state index in [1.807, 2.05) is 12.1 Å². The van der Waals surface area contributed by atoms with Gasteiger partial charge in [-0.3, -0.25) is 4.90 Å². The van der Waals surface area contributed by atoms with Crippen molar-refractivity contribution >= 4 is 10.0 Å². The molecule has 1 aliphatic carbocycles. The number of nitrogens with one attached hydrogen (secondary N) is 1. The molecule has 2 atom stereocenters. The van der Waals surface area contributed by atoms with Gasteiger partial charge in [0.15, 0.2) is 5.76 Å². The summed E-state index contributed by atoms with van der Waals surface area (Å²) in [7, 11) is -3.50. The number of hydrogen-bond acceptors (Lipinski definition) is 6. The molecule has 1 aliphatic heterocycles. The summed E-state index contributed by atoms with van der Waals surface area (Å²) in [6.45, 7) is 8.34. The largest absolute Gasteiger partial charge is 0.379 e. The van der Waals surface area contributed by atoms with Crippen LogP contribution in [0.3, 0.4) is 0 Å². The molecule has 8 heteroatoms. The van der Waals surface area contributed by atoms with Gasteiger partial charge in [0.25, 0.3) is 0 Å². The van der Waals surface area contributed by atoms with Crippen molar-refractivity contribution in [1.82, 2.24) is 14.8 Å². The summed E-state index contributed by atoms with van der Waals surface area (Å²) >= 11 is 0. The summed E-state index contributed by atoms with van der Waals surface area (Å²) in [5.74, 6) is 1.23. The molecule has 2 aromatic rings. The Morgan fingerprint density at radius 2 is 1.93 bits per heavy atom. The average molecular weight is 420 g/mol. The van der Waals surface area contributed by atoms with Gasteiger partial charge in [0.05, 0.1) is 30.3 Å². The molecule has 158 valence electrons. The van der Waals surface area contributed by atoms with Gasteiger partial charge in [-0.05, 0) is 36.3 Å². The van der Waals surface area contributed by atoms with Gasteiger partial charge in [0.2, 0.25) is 10.0 Å².